The lowest BCUT2D eigenvalue weighted by Crippen LogP contribution is -2.59. The number of carbonyl (C=O) groups excluding carboxylic acids is 1. The molecule has 0 aromatic rings. The number of carbonyl (C=O) groups is 1. The maximum absolute atomic E-state index is 11.5. The third-order valence-corrected chi connectivity index (χ3v) is 5.14. The average molecular weight is 224 g/mol. The number of nitrogens with one attached hydrogen (secondary N) is 1. The van der Waals surface area contributed by atoms with Gasteiger partial charge in [-0.05, 0) is 61.7 Å². The number of hydrogen-bond acceptors (Lipinski definition) is 3. The third kappa shape index (κ3) is 1.39. The molecule has 4 rings (SSSR count). The fourth-order valence-electron chi connectivity index (χ4n) is 4.91. The minimum Gasteiger partial charge on any atom is -0.319 e. The Bertz CT molecular complexity index is 281. The van der Waals surface area contributed by atoms with E-state index in [1.807, 2.05) is 0 Å². The summed E-state index contributed by atoms with van der Waals surface area (Å²) < 4.78 is 0. The van der Waals surface area contributed by atoms with Gasteiger partial charge in [-0.3, -0.25) is 10.0 Å². The van der Waals surface area contributed by atoms with Gasteiger partial charge in [0.1, 0.15) is 0 Å². The van der Waals surface area contributed by atoms with E-state index in [1.165, 1.54) is 19.3 Å². The standard InChI is InChI=1S/C12H20N2O2/c13-10(11(15)14-16)12-4-7-1-8(5-12)3-9(2-7)6-12/h7-10,16H,1-6,13H2,(H,14,15). The normalized spacial score (nSPS) is 46.8. The van der Waals surface area contributed by atoms with Crippen molar-refractivity contribution < 1.29 is 10.0 Å². The van der Waals surface area contributed by atoms with Crippen LogP contribution in [0.1, 0.15) is 38.5 Å². The van der Waals surface area contributed by atoms with E-state index in [9.17, 15) is 4.79 Å². The monoisotopic (exact) mass is 224 g/mol. The Labute approximate surface area is 95.5 Å². The van der Waals surface area contributed by atoms with Crippen LogP contribution in [0.2, 0.25) is 0 Å². The van der Waals surface area contributed by atoms with Crippen molar-refractivity contribution in [2.24, 2.45) is 28.9 Å². The van der Waals surface area contributed by atoms with Crippen LogP contribution in [0.5, 0.6) is 0 Å². The second-order valence-electron chi connectivity index (χ2n) is 6.23. The first-order valence-corrected chi connectivity index (χ1v) is 6.32. The van der Waals surface area contributed by atoms with Crippen LogP contribution in [-0.2, 0) is 4.79 Å². The van der Waals surface area contributed by atoms with Crippen molar-refractivity contribution in [1.82, 2.24) is 5.48 Å². The van der Waals surface area contributed by atoms with Gasteiger partial charge in [0.05, 0.1) is 6.04 Å². The molecule has 4 saturated carbocycles. The minimum atomic E-state index is -0.522. The molecule has 1 unspecified atom stereocenters. The highest BCUT2D eigenvalue weighted by Gasteiger charge is 2.54. The van der Waals surface area contributed by atoms with Crippen molar-refractivity contribution in [2.75, 3.05) is 0 Å². The highest BCUT2D eigenvalue weighted by molar-refractivity contribution is 5.81. The summed E-state index contributed by atoms with van der Waals surface area (Å²) >= 11 is 0. The van der Waals surface area contributed by atoms with Gasteiger partial charge in [-0.1, -0.05) is 0 Å². The molecule has 4 N–H and O–H groups in total. The molecule has 0 aromatic heterocycles. The largest absolute Gasteiger partial charge is 0.319 e. The lowest BCUT2D eigenvalue weighted by Gasteiger charge is -2.58. The fourth-order valence-corrected chi connectivity index (χ4v) is 4.91. The molecule has 4 bridgehead atoms. The Morgan fingerprint density at radius 2 is 1.62 bits per heavy atom. The van der Waals surface area contributed by atoms with E-state index < -0.39 is 11.9 Å². The predicted octanol–water partition coefficient (Wildman–Crippen LogP) is 1.04. The van der Waals surface area contributed by atoms with Gasteiger partial charge in [0.15, 0.2) is 0 Å². The zero-order valence-corrected chi connectivity index (χ0v) is 9.48. The van der Waals surface area contributed by atoms with Crippen molar-refractivity contribution in [3.05, 3.63) is 0 Å². The van der Waals surface area contributed by atoms with Crippen molar-refractivity contribution in [3.63, 3.8) is 0 Å². The molecule has 16 heavy (non-hydrogen) atoms. The lowest BCUT2D eigenvalue weighted by atomic mass is 9.47. The Morgan fingerprint density at radius 3 is 2.00 bits per heavy atom. The van der Waals surface area contributed by atoms with Gasteiger partial charge in [0, 0.05) is 0 Å². The van der Waals surface area contributed by atoms with Crippen LogP contribution in [0.25, 0.3) is 0 Å². The molecule has 1 atom stereocenters. The van der Waals surface area contributed by atoms with Crippen molar-refractivity contribution in [2.45, 2.75) is 44.6 Å². The van der Waals surface area contributed by atoms with Crippen LogP contribution < -0.4 is 11.2 Å². The predicted molar refractivity (Wildman–Crippen MR) is 58.5 cm³/mol. The van der Waals surface area contributed by atoms with Crippen LogP contribution in [0, 0.1) is 23.2 Å². The third-order valence-electron chi connectivity index (χ3n) is 5.14. The summed E-state index contributed by atoms with van der Waals surface area (Å²) in [5, 5.41) is 8.73. The molecular weight excluding hydrogens is 204 g/mol. The van der Waals surface area contributed by atoms with E-state index >= 15 is 0 Å². The van der Waals surface area contributed by atoms with Crippen molar-refractivity contribution in [3.8, 4) is 0 Å². The minimum absolute atomic E-state index is 0.0123. The molecule has 4 aliphatic rings. The Balaban J connectivity index is 1.85. The van der Waals surface area contributed by atoms with Gasteiger partial charge in [-0.15, -0.1) is 0 Å². The van der Waals surface area contributed by atoms with E-state index in [2.05, 4.69) is 0 Å². The van der Waals surface area contributed by atoms with Crippen molar-refractivity contribution in [1.29, 1.82) is 0 Å². The smallest absolute Gasteiger partial charge is 0.260 e. The first kappa shape index (κ1) is 10.5. The summed E-state index contributed by atoms with van der Waals surface area (Å²) in [6.07, 6.45) is 7.29. The Morgan fingerprint density at radius 1 is 1.19 bits per heavy atom. The number of amides is 1. The molecule has 0 radical (unpaired) electrons. The van der Waals surface area contributed by atoms with E-state index in [-0.39, 0.29) is 5.41 Å². The van der Waals surface area contributed by atoms with Gasteiger partial charge < -0.3 is 5.73 Å². The zero-order chi connectivity index (χ0) is 11.3. The van der Waals surface area contributed by atoms with Crippen LogP contribution >= 0.6 is 0 Å². The van der Waals surface area contributed by atoms with Gasteiger partial charge in [-0.2, -0.15) is 0 Å². The lowest BCUT2D eigenvalue weighted by molar-refractivity contribution is -0.140. The second-order valence-corrected chi connectivity index (χ2v) is 6.23. The van der Waals surface area contributed by atoms with Crippen LogP contribution in [0.4, 0.5) is 0 Å². The summed E-state index contributed by atoms with van der Waals surface area (Å²) in [5.41, 5.74) is 7.77. The molecular formula is C12H20N2O2. The maximum Gasteiger partial charge on any atom is 0.260 e. The van der Waals surface area contributed by atoms with Crippen LogP contribution in [0.3, 0.4) is 0 Å². The molecule has 1 amide bonds. The summed E-state index contributed by atoms with van der Waals surface area (Å²) in [7, 11) is 0. The van der Waals surface area contributed by atoms with Crippen LogP contribution in [-0.4, -0.2) is 17.2 Å². The average Bonchev–Trinajstić information content (AvgIpc) is 2.25. The highest BCUT2D eigenvalue weighted by atomic mass is 16.5. The molecule has 0 heterocycles. The number of nitrogens with two attached hydrogens (primary N) is 1. The summed E-state index contributed by atoms with van der Waals surface area (Å²) in [6.45, 7) is 0. The number of hydrogen-bond donors (Lipinski definition) is 3. The molecule has 90 valence electrons. The topological polar surface area (TPSA) is 75.4 Å². The summed E-state index contributed by atoms with van der Waals surface area (Å²) in [4.78, 5) is 11.5. The molecule has 4 nitrogen and oxygen atoms in total. The van der Waals surface area contributed by atoms with Crippen molar-refractivity contribution >= 4 is 5.91 Å². The van der Waals surface area contributed by atoms with E-state index in [1.54, 1.807) is 5.48 Å². The van der Waals surface area contributed by atoms with Gasteiger partial charge in [-0.25, -0.2) is 5.48 Å². The first-order chi connectivity index (χ1) is 7.63. The molecule has 0 aromatic carbocycles. The molecule has 0 aliphatic heterocycles. The fraction of sp³-hybridized carbons (Fsp3) is 0.917. The van der Waals surface area contributed by atoms with Gasteiger partial charge in [0.2, 0.25) is 0 Å². The number of rotatable bonds is 2. The highest BCUT2D eigenvalue weighted by Crippen LogP contribution is 2.60. The van der Waals surface area contributed by atoms with E-state index in [0.29, 0.717) is 0 Å². The number of hydroxylamine groups is 1. The maximum atomic E-state index is 11.5. The summed E-state index contributed by atoms with van der Waals surface area (Å²) in [6, 6.07) is -0.522. The second kappa shape index (κ2) is 3.44. The zero-order valence-electron chi connectivity index (χ0n) is 9.48. The van der Waals surface area contributed by atoms with Gasteiger partial charge in [0.25, 0.3) is 5.91 Å². The van der Waals surface area contributed by atoms with E-state index in [0.717, 1.165) is 37.0 Å². The Hall–Kier alpha value is -0.610. The molecule has 0 spiro atoms. The SMILES string of the molecule is NC(C(=O)NO)C12CC3CC(CC(C3)C1)C2. The first-order valence-electron chi connectivity index (χ1n) is 6.32. The quantitative estimate of drug-likeness (QED) is 0.484. The van der Waals surface area contributed by atoms with Gasteiger partial charge >= 0.3 is 0 Å². The van der Waals surface area contributed by atoms with E-state index in [4.69, 9.17) is 10.9 Å². The van der Waals surface area contributed by atoms with Crippen LogP contribution in [0.15, 0.2) is 0 Å². The molecule has 4 heteroatoms. The Kier molecular flexibility index (Phi) is 2.27. The molecule has 0 saturated heterocycles. The summed E-state index contributed by atoms with van der Waals surface area (Å²) in [5.74, 6) is 1.94. The molecule has 4 aliphatic carbocycles. The molecule has 4 fully saturated rings.